The molecule has 5 aromatic rings. The molecule has 0 aliphatic heterocycles. The fourth-order valence-corrected chi connectivity index (χ4v) is 3.90. The maximum Gasteiger partial charge on any atom is 0.136 e. The van der Waals surface area contributed by atoms with Gasteiger partial charge in [0.05, 0.1) is 5.69 Å². The van der Waals surface area contributed by atoms with Crippen molar-refractivity contribution in [3.63, 3.8) is 0 Å². The van der Waals surface area contributed by atoms with Gasteiger partial charge in [-0.2, -0.15) is 0 Å². The van der Waals surface area contributed by atoms with E-state index in [0.717, 1.165) is 33.2 Å². The lowest BCUT2D eigenvalue weighted by Gasteiger charge is -2.19. The lowest BCUT2D eigenvalue weighted by molar-refractivity contribution is 0.589. The summed E-state index contributed by atoms with van der Waals surface area (Å²) in [5.41, 5.74) is 7.66. The van der Waals surface area contributed by atoms with E-state index < -0.39 is 0 Å². The molecule has 2 heteroatoms. The first-order valence-electron chi connectivity index (χ1n) is 9.98. The fraction of sp³-hybridized carbons (Fsp3) is 0.148. The molecule has 2 nitrogen and oxygen atoms in total. The van der Waals surface area contributed by atoms with Crippen LogP contribution in [-0.2, 0) is 5.41 Å². The summed E-state index contributed by atoms with van der Waals surface area (Å²) in [6.45, 7) is 6.68. The highest BCUT2D eigenvalue weighted by Gasteiger charge is 2.16. The SMILES string of the molecule is CC(C)(C)c1ccnc(-c2ccc3oc4cccc(-c5ccccc5)c4c3c2)c1. The third kappa shape index (κ3) is 3.11. The van der Waals surface area contributed by atoms with Gasteiger partial charge in [-0.15, -0.1) is 0 Å². The Bertz CT molecular complexity index is 1320. The van der Waals surface area contributed by atoms with Crippen molar-refractivity contribution in [2.24, 2.45) is 0 Å². The minimum atomic E-state index is 0.0879. The van der Waals surface area contributed by atoms with Crippen molar-refractivity contribution in [1.82, 2.24) is 4.98 Å². The summed E-state index contributed by atoms with van der Waals surface area (Å²) in [6.07, 6.45) is 1.91. The number of hydrogen-bond donors (Lipinski definition) is 0. The van der Waals surface area contributed by atoms with Crippen molar-refractivity contribution < 1.29 is 4.42 Å². The summed E-state index contributed by atoms with van der Waals surface area (Å²) < 4.78 is 6.16. The van der Waals surface area contributed by atoms with Crippen LogP contribution in [0, 0.1) is 0 Å². The summed E-state index contributed by atoms with van der Waals surface area (Å²) in [7, 11) is 0. The molecule has 0 spiro atoms. The summed E-state index contributed by atoms with van der Waals surface area (Å²) in [4.78, 5) is 4.64. The van der Waals surface area contributed by atoms with E-state index in [1.54, 1.807) is 0 Å². The highest BCUT2D eigenvalue weighted by molar-refractivity contribution is 6.13. The summed E-state index contributed by atoms with van der Waals surface area (Å²) >= 11 is 0. The molecule has 0 N–H and O–H groups in total. The summed E-state index contributed by atoms with van der Waals surface area (Å²) in [5.74, 6) is 0. The molecular formula is C27H23NO. The largest absolute Gasteiger partial charge is 0.456 e. The van der Waals surface area contributed by atoms with Crippen LogP contribution in [0.25, 0.3) is 44.3 Å². The average Bonchev–Trinajstić information content (AvgIpc) is 3.12. The molecule has 0 radical (unpaired) electrons. The van der Waals surface area contributed by atoms with E-state index in [-0.39, 0.29) is 5.41 Å². The van der Waals surface area contributed by atoms with Crippen LogP contribution in [-0.4, -0.2) is 4.98 Å². The van der Waals surface area contributed by atoms with Crippen LogP contribution in [0.15, 0.2) is 89.5 Å². The molecule has 0 aliphatic carbocycles. The van der Waals surface area contributed by atoms with Crippen LogP contribution in [0.5, 0.6) is 0 Å². The zero-order valence-corrected chi connectivity index (χ0v) is 16.9. The van der Waals surface area contributed by atoms with E-state index in [0.29, 0.717) is 0 Å². The Morgan fingerprint density at radius 2 is 1.55 bits per heavy atom. The molecule has 0 bridgehead atoms. The third-order valence-corrected chi connectivity index (χ3v) is 5.50. The smallest absolute Gasteiger partial charge is 0.136 e. The first-order chi connectivity index (χ1) is 14.0. The summed E-state index contributed by atoms with van der Waals surface area (Å²) in [5, 5.41) is 2.28. The van der Waals surface area contributed by atoms with E-state index in [4.69, 9.17) is 4.42 Å². The third-order valence-electron chi connectivity index (χ3n) is 5.50. The van der Waals surface area contributed by atoms with Gasteiger partial charge >= 0.3 is 0 Å². The molecule has 0 aliphatic rings. The number of furan rings is 1. The second-order valence-electron chi connectivity index (χ2n) is 8.54. The fourth-order valence-electron chi connectivity index (χ4n) is 3.90. The quantitative estimate of drug-likeness (QED) is 0.316. The van der Waals surface area contributed by atoms with Crippen LogP contribution in [0.2, 0.25) is 0 Å². The normalized spacial score (nSPS) is 12.0. The average molecular weight is 377 g/mol. The first-order valence-corrected chi connectivity index (χ1v) is 9.98. The van der Waals surface area contributed by atoms with Crippen molar-refractivity contribution in [3.05, 3.63) is 90.6 Å². The minimum absolute atomic E-state index is 0.0879. The van der Waals surface area contributed by atoms with Crippen molar-refractivity contribution in [1.29, 1.82) is 0 Å². The van der Waals surface area contributed by atoms with Gasteiger partial charge in [0.1, 0.15) is 11.2 Å². The second-order valence-corrected chi connectivity index (χ2v) is 8.54. The van der Waals surface area contributed by atoms with E-state index in [2.05, 4.69) is 92.5 Å². The molecular weight excluding hydrogens is 354 g/mol. The predicted molar refractivity (Wildman–Crippen MR) is 121 cm³/mol. The van der Waals surface area contributed by atoms with E-state index in [1.807, 2.05) is 18.3 Å². The summed E-state index contributed by atoms with van der Waals surface area (Å²) in [6, 6.07) is 27.4. The van der Waals surface area contributed by atoms with Gasteiger partial charge in [-0.25, -0.2) is 0 Å². The first kappa shape index (κ1) is 17.7. The van der Waals surface area contributed by atoms with Gasteiger partial charge in [0.15, 0.2) is 0 Å². The van der Waals surface area contributed by atoms with E-state index in [1.165, 1.54) is 16.7 Å². The molecule has 2 heterocycles. The van der Waals surface area contributed by atoms with Crippen molar-refractivity contribution in [2.75, 3.05) is 0 Å². The molecule has 0 unspecified atom stereocenters. The van der Waals surface area contributed by atoms with Crippen molar-refractivity contribution in [3.8, 4) is 22.4 Å². The molecule has 0 atom stereocenters. The maximum absolute atomic E-state index is 6.16. The highest BCUT2D eigenvalue weighted by atomic mass is 16.3. The van der Waals surface area contributed by atoms with Gasteiger partial charge in [-0.3, -0.25) is 4.98 Å². The monoisotopic (exact) mass is 377 g/mol. The van der Waals surface area contributed by atoms with E-state index in [9.17, 15) is 0 Å². The molecule has 0 amide bonds. The van der Waals surface area contributed by atoms with Crippen molar-refractivity contribution >= 4 is 21.9 Å². The molecule has 2 aromatic heterocycles. The Morgan fingerprint density at radius 1 is 0.724 bits per heavy atom. The van der Waals surface area contributed by atoms with Crippen LogP contribution in [0.1, 0.15) is 26.3 Å². The number of nitrogens with zero attached hydrogens (tertiary/aromatic N) is 1. The standard InChI is InChI=1S/C27H23NO/c1-27(2,3)20-14-15-28-23(17-20)19-12-13-24-22(16-19)26-21(10-7-11-25(26)29-24)18-8-5-4-6-9-18/h4-17H,1-3H3. The van der Waals surface area contributed by atoms with Gasteiger partial charge in [0.25, 0.3) is 0 Å². The van der Waals surface area contributed by atoms with Crippen LogP contribution in [0.3, 0.4) is 0 Å². The molecule has 29 heavy (non-hydrogen) atoms. The highest BCUT2D eigenvalue weighted by Crippen LogP contribution is 2.38. The van der Waals surface area contributed by atoms with Crippen LogP contribution < -0.4 is 0 Å². The number of benzene rings is 3. The second kappa shape index (κ2) is 6.59. The Hall–Kier alpha value is -3.39. The Labute approximate surface area is 170 Å². The van der Waals surface area contributed by atoms with Gasteiger partial charge in [-0.1, -0.05) is 63.2 Å². The Balaban J connectivity index is 1.74. The Morgan fingerprint density at radius 3 is 2.34 bits per heavy atom. The number of rotatable bonds is 2. The topological polar surface area (TPSA) is 26.0 Å². The zero-order valence-electron chi connectivity index (χ0n) is 16.9. The lowest BCUT2D eigenvalue weighted by Crippen LogP contribution is -2.11. The van der Waals surface area contributed by atoms with Crippen LogP contribution in [0.4, 0.5) is 0 Å². The predicted octanol–water partition coefficient (Wildman–Crippen LogP) is 7.61. The lowest BCUT2D eigenvalue weighted by atomic mass is 9.87. The molecule has 3 aromatic carbocycles. The van der Waals surface area contributed by atoms with E-state index >= 15 is 0 Å². The van der Waals surface area contributed by atoms with Gasteiger partial charge < -0.3 is 4.42 Å². The number of pyridine rings is 1. The molecule has 0 saturated heterocycles. The molecule has 142 valence electrons. The zero-order chi connectivity index (χ0) is 20.0. The van der Waals surface area contributed by atoms with Gasteiger partial charge in [0, 0.05) is 22.5 Å². The van der Waals surface area contributed by atoms with Gasteiger partial charge in [0.2, 0.25) is 0 Å². The maximum atomic E-state index is 6.16. The number of hydrogen-bond acceptors (Lipinski definition) is 2. The number of aromatic nitrogens is 1. The molecule has 0 fully saturated rings. The Kier molecular flexibility index (Phi) is 4.02. The van der Waals surface area contributed by atoms with Gasteiger partial charge in [-0.05, 0) is 58.5 Å². The van der Waals surface area contributed by atoms with Crippen molar-refractivity contribution in [2.45, 2.75) is 26.2 Å². The molecule has 5 rings (SSSR count). The van der Waals surface area contributed by atoms with Crippen LogP contribution >= 0.6 is 0 Å². The minimum Gasteiger partial charge on any atom is -0.456 e. The molecule has 0 saturated carbocycles. The number of fused-ring (bicyclic) bond motifs is 3.